The molecule has 0 bridgehead atoms. The first-order valence-corrected chi connectivity index (χ1v) is 6.62. The minimum Gasteiger partial charge on any atom is -0.497 e. The van der Waals surface area contributed by atoms with E-state index in [4.69, 9.17) is 4.74 Å². The molecule has 0 amide bonds. The molecule has 3 nitrogen and oxygen atoms in total. The highest BCUT2D eigenvalue weighted by Crippen LogP contribution is 2.23. The van der Waals surface area contributed by atoms with Crippen LogP contribution in [0, 0.1) is 5.82 Å². The summed E-state index contributed by atoms with van der Waals surface area (Å²) in [5.74, 6) is 0.258. The number of benzene rings is 1. The largest absolute Gasteiger partial charge is 0.497 e. The molecule has 0 saturated carbocycles. The monoisotopic (exact) mass is 274 g/mol. The maximum absolute atomic E-state index is 14.0. The van der Waals surface area contributed by atoms with Gasteiger partial charge in [0.2, 0.25) is 0 Å². The molecule has 0 spiro atoms. The van der Waals surface area contributed by atoms with Gasteiger partial charge in [0.1, 0.15) is 11.6 Å². The third kappa shape index (κ3) is 3.33. The topological polar surface area (TPSA) is 34.1 Å². The number of aromatic nitrogens is 1. The van der Waals surface area contributed by atoms with Crippen LogP contribution in [0.3, 0.4) is 0 Å². The van der Waals surface area contributed by atoms with Crippen molar-refractivity contribution in [2.24, 2.45) is 0 Å². The van der Waals surface area contributed by atoms with Gasteiger partial charge in [0, 0.05) is 29.9 Å². The van der Waals surface area contributed by atoms with E-state index in [1.165, 1.54) is 13.2 Å². The van der Waals surface area contributed by atoms with Gasteiger partial charge in [-0.15, -0.1) is 0 Å². The molecule has 1 heterocycles. The summed E-state index contributed by atoms with van der Waals surface area (Å²) in [5, 5.41) is 3.35. The number of nitrogens with zero attached hydrogens (tertiary/aromatic N) is 1. The van der Waals surface area contributed by atoms with Crippen LogP contribution < -0.4 is 10.1 Å². The van der Waals surface area contributed by atoms with Crippen LogP contribution in [0.5, 0.6) is 5.75 Å². The molecule has 0 radical (unpaired) electrons. The number of methoxy groups -OCH3 is 1. The van der Waals surface area contributed by atoms with E-state index in [-0.39, 0.29) is 17.9 Å². The van der Waals surface area contributed by atoms with Gasteiger partial charge in [-0.3, -0.25) is 4.98 Å². The molecule has 4 heteroatoms. The van der Waals surface area contributed by atoms with Gasteiger partial charge < -0.3 is 10.1 Å². The van der Waals surface area contributed by atoms with Crippen molar-refractivity contribution in [3.63, 3.8) is 0 Å². The predicted molar refractivity (Wildman–Crippen MR) is 77.2 cm³/mol. The quantitative estimate of drug-likeness (QED) is 0.903. The van der Waals surface area contributed by atoms with E-state index in [0.29, 0.717) is 11.3 Å². The fraction of sp³-hybridized carbons (Fsp3) is 0.312. The lowest BCUT2D eigenvalue weighted by molar-refractivity contribution is 0.408. The average molecular weight is 274 g/mol. The molecule has 0 aliphatic heterocycles. The first-order valence-electron chi connectivity index (χ1n) is 6.62. The Bertz CT molecular complexity index is 560. The number of ether oxygens (including phenoxy) is 1. The summed E-state index contributed by atoms with van der Waals surface area (Å²) in [6, 6.07) is 10.6. The number of hydrogen-bond donors (Lipinski definition) is 1. The Morgan fingerprint density at radius 2 is 1.95 bits per heavy atom. The number of pyridine rings is 1. The summed E-state index contributed by atoms with van der Waals surface area (Å²) < 4.78 is 19.0. The summed E-state index contributed by atoms with van der Waals surface area (Å²) in [6.45, 7) is 3.95. The van der Waals surface area contributed by atoms with Gasteiger partial charge in [-0.2, -0.15) is 0 Å². The maximum Gasteiger partial charge on any atom is 0.131 e. The highest BCUT2D eigenvalue weighted by Gasteiger charge is 2.15. The molecule has 1 aromatic carbocycles. The van der Waals surface area contributed by atoms with Crippen LogP contribution in [0.15, 0.2) is 42.6 Å². The second-order valence-electron chi connectivity index (χ2n) is 4.75. The lowest BCUT2D eigenvalue weighted by atomic mass is 10.1. The minimum absolute atomic E-state index is 0.0488. The molecule has 2 atom stereocenters. The highest BCUT2D eigenvalue weighted by atomic mass is 19.1. The van der Waals surface area contributed by atoms with Crippen molar-refractivity contribution in [3.05, 3.63) is 59.7 Å². The molecule has 106 valence electrons. The Labute approximate surface area is 118 Å². The Morgan fingerprint density at radius 3 is 2.55 bits per heavy atom. The normalized spacial score (nSPS) is 13.8. The summed E-state index contributed by atoms with van der Waals surface area (Å²) in [4.78, 5) is 4.30. The van der Waals surface area contributed by atoms with Crippen molar-refractivity contribution in [3.8, 4) is 5.75 Å². The van der Waals surface area contributed by atoms with Crippen molar-refractivity contribution in [2.45, 2.75) is 25.9 Å². The molecule has 20 heavy (non-hydrogen) atoms. The molecule has 1 unspecified atom stereocenters. The minimum atomic E-state index is -0.266. The summed E-state index contributed by atoms with van der Waals surface area (Å²) in [7, 11) is 1.53. The molecule has 0 aliphatic rings. The highest BCUT2D eigenvalue weighted by molar-refractivity contribution is 5.30. The summed E-state index contributed by atoms with van der Waals surface area (Å²) >= 11 is 0. The maximum atomic E-state index is 14.0. The fourth-order valence-electron chi connectivity index (χ4n) is 2.17. The van der Waals surface area contributed by atoms with Crippen molar-refractivity contribution >= 4 is 0 Å². The van der Waals surface area contributed by atoms with Gasteiger partial charge in [0.05, 0.1) is 12.8 Å². The molecular formula is C16H19FN2O. The van der Waals surface area contributed by atoms with Crippen LogP contribution in [0.1, 0.15) is 37.2 Å². The smallest absolute Gasteiger partial charge is 0.131 e. The number of halogens is 1. The molecule has 0 aliphatic carbocycles. The van der Waals surface area contributed by atoms with Gasteiger partial charge in [-0.25, -0.2) is 4.39 Å². The summed E-state index contributed by atoms with van der Waals surface area (Å²) in [5.41, 5.74) is 1.56. The Morgan fingerprint density at radius 1 is 1.15 bits per heavy atom. The van der Waals surface area contributed by atoms with Gasteiger partial charge >= 0.3 is 0 Å². The molecule has 0 fully saturated rings. The number of nitrogens with one attached hydrogen (secondary N) is 1. The van der Waals surface area contributed by atoms with E-state index in [2.05, 4.69) is 10.3 Å². The first-order chi connectivity index (χ1) is 9.61. The summed E-state index contributed by atoms with van der Waals surface area (Å²) in [6.07, 6.45) is 1.76. The Hall–Kier alpha value is -1.94. The second-order valence-corrected chi connectivity index (χ2v) is 4.75. The second kappa shape index (κ2) is 6.48. The van der Waals surface area contributed by atoms with Gasteiger partial charge in [-0.05, 0) is 32.0 Å². The molecule has 2 rings (SSSR count). The zero-order chi connectivity index (χ0) is 14.5. The molecule has 1 N–H and O–H groups in total. The number of rotatable bonds is 5. The van der Waals surface area contributed by atoms with E-state index in [1.54, 1.807) is 18.3 Å². The van der Waals surface area contributed by atoms with Crippen molar-refractivity contribution in [1.82, 2.24) is 10.3 Å². The van der Waals surface area contributed by atoms with E-state index < -0.39 is 0 Å². The van der Waals surface area contributed by atoms with Crippen molar-refractivity contribution in [1.29, 1.82) is 0 Å². The van der Waals surface area contributed by atoms with Crippen LogP contribution in [0.4, 0.5) is 4.39 Å². The third-order valence-electron chi connectivity index (χ3n) is 3.31. The average Bonchev–Trinajstić information content (AvgIpc) is 2.47. The van der Waals surface area contributed by atoms with Crippen LogP contribution in [-0.4, -0.2) is 12.1 Å². The lowest BCUT2D eigenvalue weighted by Gasteiger charge is -2.20. The first kappa shape index (κ1) is 14.5. The van der Waals surface area contributed by atoms with Crippen LogP contribution in [0.2, 0.25) is 0 Å². The van der Waals surface area contributed by atoms with Gasteiger partial charge in [0.25, 0.3) is 0 Å². The standard InChI is InChI=1S/C16H19FN2O/c1-11(14-8-7-13(20-3)10-15(14)17)19-12(2)16-6-4-5-9-18-16/h4-12,19H,1-3H3/t11?,12-/m1/s1. The zero-order valence-corrected chi connectivity index (χ0v) is 11.9. The van der Waals surface area contributed by atoms with Crippen LogP contribution >= 0.6 is 0 Å². The fourth-order valence-corrected chi connectivity index (χ4v) is 2.17. The van der Waals surface area contributed by atoms with Gasteiger partial charge in [-0.1, -0.05) is 12.1 Å². The number of hydrogen-bond acceptors (Lipinski definition) is 3. The van der Waals surface area contributed by atoms with Crippen molar-refractivity contribution < 1.29 is 9.13 Å². The SMILES string of the molecule is COc1ccc(C(C)N[C@H](C)c2ccccn2)c(F)c1. The Kier molecular flexibility index (Phi) is 4.69. The molecule has 2 aromatic rings. The van der Waals surface area contributed by atoms with Crippen LogP contribution in [0.25, 0.3) is 0 Å². The van der Waals surface area contributed by atoms with Crippen LogP contribution in [-0.2, 0) is 0 Å². The third-order valence-corrected chi connectivity index (χ3v) is 3.31. The van der Waals surface area contributed by atoms with Gasteiger partial charge in [0.15, 0.2) is 0 Å². The lowest BCUT2D eigenvalue weighted by Crippen LogP contribution is -2.23. The molecular weight excluding hydrogens is 255 g/mol. The Balaban J connectivity index is 2.10. The van der Waals surface area contributed by atoms with E-state index >= 15 is 0 Å². The van der Waals surface area contributed by atoms with E-state index in [0.717, 1.165) is 5.69 Å². The molecule has 1 aromatic heterocycles. The van der Waals surface area contributed by atoms with E-state index in [1.807, 2.05) is 32.0 Å². The zero-order valence-electron chi connectivity index (χ0n) is 11.9. The predicted octanol–water partition coefficient (Wildman–Crippen LogP) is 3.64. The van der Waals surface area contributed by atoms with E-state index in [9.17, 15) is 4.39 Å². The molecule has 0 saturated heterocycles. The van der Waals surface area contributed by atoms with Crippen molar-refractivity contribution in [2.75, 3.05) is 7.11 Å².